The van der Waals surface area contributed by atoms with Crippen LogP contribution in [0.15, 0.2) is 67.0 Å². The molecule has 0 aliphatic carbocycles. The molecule has 0 saturated carbocycles. The normalized spacial score (nSPS) is 22.2. The first kappa shape index (κ1) is 25.9. The van der Waals surface area contributed by atoms with Crippen molar-refractivity contribution in [3.63, 3.8) is 0 Å². The average molecular weight is 520 g/mol. The number of urea groups is 1. The van der Waals surface area contributed by atoms with Crippen molar-refractivity contribution in [2.45, 2.75) is 64.4 Å². The van der Waals surface area contributed by atoms with Crippen molar-refractivity contribution in [3.05, 3.63) is 78.4 Å². The Labute approximate surface area is 222 Å². The lowest BCUT2D eigenvalue weighted by Crippen LogP contribution is -2.59. The molecule has 38 heavy (non-hydrogen) atoms. The van der Waals surface area contributed by atoms with Gasteiger partial charge in [-0.05, 0) is 75.6 Å². The summed E-state index contributed by atoms with van der Waals surface area (Å²) in [7, 11) is 0. The Bertz CT molecular complexity index is 1300. The summed E-state index contributed by atoms with van der Waals surface area (Å²) in [5.74, 6) is 0.167. The Morgan fingerprint density at radius 2 is 1.92 bits per heavy atom. The summed E-state index contributed by atoms with van der Waals surface area (Å²) >= 11 is 0. The van der Waals surface area contributed by atoms with Gasteiger partial charge in [-0.3, -0.25) is 24.2 Å². The molecular weight excluding hydrogens is 485 g/mol. The van der Waals surface area contributed by atoms with Crippen molar-refractivity contribution in [1.82, 2.24) is 19.6 Å². The number of hydrogen-bond acceptors (Lipinski definition) is 5. The molecule has 2 atom stereocenters. The van der Waals surface area contributed by atoms with E-state index in [9.17, 15) is 14.0 Å². The molecule has 2 saturated heterocycles. The molecule has 0 unspecified atom stereocenters. The third kappa shape index (κ3) is 5.03. The lowest BCUT2D eigenvalue weighted by atomic mass is 9.81. The largest absolute Gasteiger partial charge is 0.491 e. The van der Waals surface area contributed by atoms with Gasteiger partial charge in [0.1, 0.15) is 17.1 Å². The van der Waals surface area contributed by atoms with Gasteiger partial charge in [0.25, 0.3) is 5.91 Å². The second-order valence-corrected chi connectivity index (χ2v) is 10.4. The van der Waals surface area contributed by atoms with E-state index in [2.05, 4.69) is 29.1 Å². The Balaban J connectivity index is 1.39. The van der Waals surface area contributed by atoms with E-state index in [0.717, 1.165) is 11.3 Å². The minimum atomic E-state index is -1.06. The van der Waals surface area contributed by atoms with Gasteiger partial charge in [0.15, 0.2) is 0 Å². The fourth-order valence-electron chi connectivity index (χ4n) is 5.67. The SMILES string of the molecule is CC(C)Oc1cccc(CN2CC[C@@]3(C[C@@H]2C)C(=O)N(CCn2cccn2)C(=O)N3c2cccc(F)c2)c1. The zero-order chi connectivity index (χ0) is 26.9. The van der Waals surface area contributed by atoms with E-state index in [1.54, 1.807) is 35.3 Å². The zero-order valence-electron chi connectivity index (χ0n) is 22.1. The van der Waals surface area contributed by atoms with Gasteiger partial charge in [-0.2, -0.15) is 5.10 Å². The van der Waals surface area contributed by atoms with Gasteiger partial charge in [-0.1, -0.05) is 18.2 Å². The lowest BCUT2D eigenvalue weighted by molar-refractivity contribution is -0.133. The predicted molar refractivity (Wildman–Crippen MR) is 142 cm³/mol. The second kappa shape index (κ2) is 10.6. The van der Waals surface area contributed by atoms with Gasteiger partial charge < -0.3 is 4.74 Å². The van der Waals surface area contributed by atoms with Crippen LogP contribution in [-0.4, -0.2) is 62.3 Å². The van der Waals surface area contributed by atoms with Gasteiger partial charge in [0, 0.05) is 37.2 Å². The molecule has 2 fully saturated rings. The number of aromatic nitrogens is 2. The molecule has 3 heterocycles. The van der Waals surface area contributed by atoms with Gasteiger partial charge in [-0.15, -0.1) is 0 Å². The van der Waals surface area contributed by atoms with Crippen LogP contribution < -0.4 is 9.64 Å². The highest BCUT2D eigenvalue weighted by atomic mass is 19.1. The van der Waals surface area contributed by atoms with Crippen molar-refractivity contribution < 1.29 is 18.7 Å². The van der Waals surface area contributed by atoms with E-state index >= 15 is 0 Å². The summed E-state index contributed by atoms with van der Waals surface area (Å²) < 4.78 is 21.8. The monoisotopic (exact) mass is 519 g/mol. The number of piperidine rings is 1. The van der Waals surface area contributed by atoms with E-state index in [1.807, 2.05) is 26.0 Å². The number of amides is 3. The third-order valence-corrected chi connectivity index (χ3v) is 7.40. The Morgan fingerprint density at radius 1 is 1.11 bits per heavy atom. The van der Waals surface area contributed by atoms with Crippen molar-refractivity contribution in [2.24, 2.45) is 0 Å². The highest BCUT2D eigenvalue weighted by Gasteiger charge is 2.59. The smallest absolute Gasteiger partial charge is 0.332 e. The number of halogens is 1. The topological polar surface area (TPSA) is 70.9 Å². The first-order valence-electron chi connectivity index (χ1n) is 13.2. The molecule has 9 heteroatoms. The van der Waals surface area contributed by atoms with Crippen LogP contribution in [0.1, 0.15) is 39.2 Å². The number of rotatable bonds is 8. The zero-order valence-corrected chi connectivity index (χ0v) is 22.1. The summed E-state index contributed by atoms with van der Waals surface area (Å²) in [5, 5.41) is 4.19. The molecule has 2 aromatic carbocycles. The summed E-state index contributed by atoms with van der Waals surface area (Å²) in [6, 6.07) is 15.4. The molecule has 5 rings (SSSR count). The van der Waals surface area contributed by atoms with Crippen LogP contribution in [0.4, 0.5) is 14.9 Å². The molecule has 1 aromatic heterocycles. The molecule has 200 valence electrons. The molecule has 2 aliphatic heterocycles. The van der Waals surface area contributed by atoms with Crippen molar-refractivity contribution >= 4 is 17.6 Å². The van der Waals surface area contributed by atoms with Crippen LogP contribution in [0.2, 0.25) is 0 Å². The van der Waals surface area contributed by atoms with Crippen LogP contribution in [0, 0.1) is 5.82 Å². The Hall–Kier alpha value is -3.72. The Morgan fingerprint density at radius 3 is 2.63 bits per heavy atom. The van der Waals surface area contributed by atoms with E-state index in [-0.39, 0.29) is 24.6 Å². The lowest BCUT2D eigenvalue weighted by Gasteiger charge is -2.45. The summed E-state index contributed by atoms with van der Waals surface area (Å²) in [6.07, 6.45) is 4.46. The predicted octanol–water partition coefficient (Wildman–Crippen LogP) is 4.70. The summed E-state index contributed by atoms with van der Waals surface area (Å²) in [5.41, 5.74) is 0.472. The Kier molecular flexibility index (Phi) is 7.21. The minimum absolute atomic E-state index is 0.0114. The van der Waals surface area contributed by atoms with Crippen molar-refractivity contribution in [1.29, 1.82) is 0 Å². The first-order chi connectivity index (χ1) is 18.3. The maximum absolute atomic E-state index is 14.3. The van der Waals surface area contributed by atoms with Gasteiger partial charge >= 0.3 is 6.03 Å². The van der Waals surface area contributed by atoms with Crippen LogP contribution in [0.25, 0.3) is 0 Å². The number of carbonyl (C=O) groups excluding carboxylic acids is 2. The molecular formula is C29H34FN5O3. The highest BCUT2D eigenvalue weighted by molar-refractivity contribution is 6.17. The van der Waals surface area contributed by atoms with Crippen LogP contribution in [-0.2, 0) is 17.9 Å². The molecule has 1 spiro atoms. The number of anilines is 1. The van der Waals surface area contributed by atoms with Crippen LogP contribution >= 0.6 is 0 Å². The van der Waals surface area contributed by atoms with Crippen molar-refractivity contribution in [2.75, 3.05) is 18.0 Å². The van der Waals surface area contributed by atoms with E-state index in [1.165, 1.54) is 21.9 Å². The maximum atomic E-state index is 14.3. The third-order valence-electron chi connectivity index (χ3n) is 7.40. The molecule has 2 aliphatic rings. The number of ether oxygens (including phenoxy) is 1. The second-order valence-electron chi connectivity index (χ2n) is 10.4. The number of imide groups is 1. The van der Waals surface area contributed by atoms with Gasteiger partial charge in [-0.25, -0.2) is 9.18 Å². The van der Waals surface area contributed by atoms with E-state index in [0.29, 0.717) is 38.2 Å². The number of nitrogens with zero attached hydrogens (tertiary/aromatic N) is 5. The molecule has 0 bridgehead atoms. The average Bonchev–Trinajstić information content (AvgIpc) is 3.45. The number of carbonyl (C=O) groups is 2. The quantitative estimate of drug-likeness (QED) is 0.404. The highest BCUT2D eigenvalue weighted by Crippen LogP contribution is 2.43. The molecule has 8 nitrogen and oxygen atoms in total. The molecule has 0 radical (unpaired) electrons. The van der Waals surface area contributed by atoms with E-state index in [4.69, 9.17) is 4.74 Å². The minimum Gasteiger partial charge on any atom is -0.491 e. The number of hydrogen-bond donors (Lipinski definition) is 0. The number of benzene rings is 2. The molecule has 0 N–H and O–H groups in total. The molecule has 3 aromatic rings. The first-order valence-corrected chi connectivity index (χ1v) is 13.2. The maximum Gasteiger partial charge on any atom is 0.332 e. The number of likely N-dealkylation sites (tertiary alicyclic amines) is 1. The molecule has 3 amide bonds. The van der Waals surface area contributed by atoms with E-state index < -0.39 is 17.4 Å². The standard InChI is InChI=1S/C29H34FN5O3/c1-21(2)38-26-10-4-7-23(17-26)20-32-14-11-29(19-22(32)3)27(36)34(16-15-33-13-6-12-31-33)28(37)35(29)25-9-5-8-24(30)18-25/h4-10,12-13,17-18,21-22H,11,14-16,19-20H2,1-3H3/t22-,29+/m0/s1. The van der Waals surface area contributed by atoms with Gasteiger partial charge in [0.05, 0.1) is 19.2 Å². The van der Waals surface area contributed by atoms with Crippen LogP contribution in [0.5, 0.6) is 5.75 Å². The van der Waals surface area contributed by atoms with Crippen molar-refractivity contribution in [3.8, 4) is 5.75 Å². The summed E-state index contributed by atoms with van der Waals surface area (Å²) in [4.78, 5) is 32.9. The fourth-order valence-corrected chi connectivity index (χ4v) is 5.67. The summed E-state index contributed by atoms with van der Waals surface area (Å²) in [6.45, 7) is 8.01. The van der Waals surface area contributed by atoms with Gasteiger partial charge in [0.2, 0.25) is 0 Å². The van der Waals surface area contributed by atoms with Crippen LogP contribution in [0.3, 0.4) is 0 Å². The fraction of sp³-hybridized carbons (Fsp3) is 0.414.